The number of benzene rings is 1. The molecule has 0 radical (unpaired) electrons. The normalized spacial score (nSPS) is 20.6. The molecule has 0 saturated carbocycles. The minimum absolute atomic E-state index is 0.548. The first-order chi connectivity index (χ1) is 7.68. The first kappa shape index (κ1) is 11.6. The lowest BCUT2D eigenvalue weighted by atomic mass is 10.2. The van der Waals surface area contributed by atoms with Gasteiger partial charge in [-0.3, -0.25) is 0 Å². The molecular formula is C12H18N2OS. The van der Waals surface area contributed by atoms with Crippen molar-refractivity contribution in [3.8, 4) is 0 Å². The topological polar surface area (TPSA) is 32.7 Å². The van der Waals surface area contributed by atoms with E-state index in [1.54, 1.807) is 6.26 Å². The molecule has 1 aromatic rings. The Morgan fingerprint density at radius 3 is 2.50 bits per heavy atom. The zero-order valence-electron chi connectivity index (χ0n) is 9.63. The molecule has 88 valence electrons. The average Bonchev–Trinajstić information content (AvgIpc) is 2.82. The van der Waals surface area contributed by atoms with Gasteiger partial charge in [0, 0.05) is 19.3 Å². The summed E-state index contributed by atoms with van der Waals surface area (Å²) in [6.07, 6.45) is 4.04. The van der Waals surface area contributed by atoms with E-state index in [2.05, 4.69) is 4.36 Å². The summed E-state index contributed by atoms with van der Waals surface area (Å²) < 4.78 is 18.7. The van der Waals surface area contributed by atoms with Crippen LogP contribution in [0.15, 0.2) is 34.7 Å². The third kappa shape index (κ3) is 2.83. The molecule has 1 atom stereocenters. The van der Waals surface area contributed by atoms with E-state index in [0.717, 1.165) is 31.5 Å². The maximum Gasteiger partial charge on any atom is 0.107 e. The van der Waals surface area contributed by atoms with E-state index in [1.807, 2.05) is 34.6 Å². The molecule has 1 heterocycles. The summed E-state index contributed by atoms with van der Waals surface area (Å²) in [6.45, 7) is 2.40. The fraction of sp³-hybridized carbons (Fsp3) is 0.500. The molecule has 1 unspecified atom stereocenters. The molecule has 0 N–H and O–H groups in total. The summed E-state index contributed by atoms with van der Waals surface area (Å²) in [4.78, 5) is 0. The van der Waals surface area contributed by atoms with Crippen molar-refractivity contribution < 1.29 is 4.21 Å². The van der Waals surface area contributed by atoms with Crippen LogP contribution in [0.25, 0.3) is 0 Å². The minimum atomic E-state index is -2.15. The molecule has 0 bridgehead atoms. The van der Waals surface area contributed by atoms with Crippen LogP contribution in [-0.4, -0.2) is 27.9 Å². The van der Waals surface area contributed by atoms with Gasteiger partial charge in [-0.25, -0.2) is 12.9 Å². The lowest BCUT2D eigenvalue weighted by Crippen LogP contribution is -2.26. The first-order valence-electron chi connectivity index (χ1n) is 5.65. The Morgan fingerprint density at radius 1 is 1.25 bits per heavy atom. The van der Waals surface area contributed by atoms with Crippen molar-refractivity contribution in [2.75, 3.05) is 19.3 Å². The van der Waals surface area contributed by atoms with Gasteiger partial charge in [0.25, 0.3) is 0 Å². The van der Waals surface area contributed by atoms with Gasteiger partial charge >= 0.3 is 0 Å². The summed E-state index contributed by atoms with van der Waals surface area (Å²) in [6, 6.07) is 9.98. The Balaban J connectivity index is 2.08. The van der Waals surface area contributed by atoms with Crippen molar-refractivity contribution in [1.82, 2.24) is 4.31 Å². The number of hydrogen-bond donors (Lipinski definition) is 0. The van der Waals surface area contributed by atoms with Crippen LogP contribution < -0.4 is 0 Å². The van der Waals surface area contributed by atoms with Gasteiger partial charge < -0.3 is 0 Å². The standard InChI is InChI=1S/C12H18N2OS/c1-16(15,14-9-5-6-10-14)13-11-12-7-3-2-4-8-12/h2-4,7-8H,5-6,9-11H2,1H3. The Kier molecular flexibility index (Phi) is 3.61. The Morgan fingerprint density at radius 2 is 1.88 bits per heavy atom. The summed E-state index contributed by atoms with van der Waals surface area (Å²) >= 11 is 0. The molecule has 0 amide bonds. The zero-order valence-corrected chi connectivity index (χ0v) is 10.4. The van der Waals surface area contributed by atoms with Gasteiger partial charge in [0.05, 0.1) is 6.54 Å². The summed E-state index contributed by atoms with van der Waals surface area (Å²) in [7, 11) is -2.15. The van der Waals surface area contributed by atoms with E-state index in [4.69, 9.17) is 0 Å². The van der Waals surface area contributed by atoms with E-state index in [9.17, 15) is 4.21 Å². The molecule has 0 aliphatic carbocycles. The number of nitrogens with zero attached hydrogens (tertiary/aromatic N) is 2. The molecule has 2 rings (SSSR count). The highest BCUT2D eigenvalue weighted by Gasteiger charge is 2.18. The lowest BCUT2D eigenvalue weighted by molar-refractivity contribution is 0.529. The average molecular weight is 238 g/mol. The maximum atomic E-state index is 12.3. The molecule has 0 aromatic heterocycles. The van der Waals surface area contributed by atoms with Crippen LogP contribution in [-0.2, 0) is 16.5 Å². The third-order valence-electron chi connectivity index (χ3n) is 2.87. The lowest BCUT2D eigenvalue weighted by Gasteiger charge is -2.16. The molecule has 1 aliphatic heterocycles. The molecule has 1 saturated heterocycles. The monoisotopic (exact) mass is 238 g/mol. The highest BCUT2D eigenvalue weighted by molar-refractivity contribution is 7.90. The van der Waals surface area contributed by atoms with E-state index < -0.39 is 9.92 Å². The Hall–Kier alpha value is -0.870. The van der Waals surface area contributed by atoms with Gasteiger partial charge in [0.1, 0.15) is 9.92 Å². The van der Waals surface area contributed by atoms with Crippen molar-refractivity contribution in [2.24, 2.45) is 4.36 Å². The minimum Gasteiger partial charge on any atom is -0.234 e. The van der Waals surface area contributed by atoms with Crippen LogP contribution in [0, 0.1) is 0 Å². The third-order valence-corrected chi connectivity index (χ3v) is 4.81. The predicted octanol–water partition coefficient (Wildman–Crippen LogP) is 2.30. The summed E-state index contributed by atoms with van der Waals surface area (Å²) in [5.74, 6) is 0. The Bertz CT molecular complexity index is 443. The van der Waals surface area contributed by atoms with Gasteiger partial charge in [0.15, 0.2) is 0 Å². The van der Waals surface area contributed by atoms with Gasteiger partial charge in [-0.05, 0) is 18.4 Å². The second-order valence-electron chi connectivity index (χ2n) is 4.17. The second kappa shape index (κ2) is 4.97. The predicted molar refractivity (Wildman–Crippen MR) is 67.4 cm³/mol. The maximum absolute atomic E-state index is 12.3. The van der Waals surface area contributed by atoms with E-state index in [-0.39, 0.29) is 0 Å². The van der Waals surface area contributed by atoms with Gasteiger partial charge in [0.2, 0.25) is 0 Å². The van der Waals surface area contributed by atoms with Crippen molar-refractivity contribution >= 4 is 9.92 Å². The molecule has 1 aliphatic rings. The quantitative estimate of drug-likeness (QED) is 0.795. The van der Waals surface area contributed by atoms with Crippen LogP contribution >= 0.6 is 0 Å². The van der Waals surface area contributed by atoms with Gasteiger partial charge in [-0.2, -0.15) is 0 Å². The summed E-state index contributed by atoms with van der Waals surface area (Å²) in [5, 5.41) is 0. The molecule has 1 aromatic carbocycles. The SMILES string of the molecule is CS(=O)(=NCc1ccccc1)N1CCCC1. The molecular weight excluding hydrogens is 220 g/mol. The highest BCUT2D eigenvalue weighted by Crippen LogP contribution is 2.14. The summed E-state index contributed by atoms with van der Waals surface area (Å²) in [5.41, 5.74) is 1.12. The van der Waals surface area contributed by atoms with Crippen LogP contribution in [0.1, 0.15) is 18.4 Å². The van der Waals surface area contributed by atoms with E-state index in [1.165, 1.54) is 0 Å². The van der Waals surface area contributed by atoms with Crippen LogP contribution in [0.3, 0.4) is 0 Å². The van der Waals surface area contributed by atoms with Crippen molar-refractivity contribution in [2.45, 2.75) is 19.4 Å². The number of rotatable bonds is 3. The second-order valence-corrected chi connectivity index (χ2v) is 6.47. The fourth-order valence-electron chi connectivity index (χ4n) is 1.89. The molecule has 16 heavy (non-hydrogen) atoms. The van der Waals surface area contributed by atoms with Crippen molar-refractivity contribution in [3.05, 3.63) is 35.9 Å². The highest BCUT2D eigenvalue weighted by atomic mass is 32.2. The number of hydrogen-bond acceptors (Lipinski definition) is 2. The van der Waals surface area contributed by atoms with Crippen molar-refractivity contribution in [3.63, 3.8) is 0 Å². The van der Waals surface area contributed by atoms with Crippen LogP contribution in [0.2, 0.25) is 0 Å². The van der Waals surface area contributed by atoms with Crippen LogP contribution in [0.4, 0.5) is 0 Å². The largest absolute Gasteiger partial charge is 0.234 e. The van der Waals surface area contributed by atoms with Gasteiger partial charge in [-0.1, -0.05) is 30.3 Å². The van der Waals surface area contributed by atoms with Gasteiger partial charge in [-0.15, -0.1) is 0 Å². The molecule has 4 heteroatoms. The molecule has 1 fully saturated rings. The Labute approximate surface area is 97.8 Å². The zero-order chi connectivity index (χ0) is 11.4. The van der Waals surface area contributed by atoms with E-state index in [0.29, 0.717) is 6.54 Å². The molecule has 3 nitrogen and oxygen atoms in total. The van der Waals surface area contributed by atoms with E-state index >= 15 is 0 Å². The van der Waals surface area contributed by atoms with Crippen molar-refractivity contribution in [1.29, 1.82) is 0 Å². The smallest absolute Gasteiger partial charge is 0.107 e. The molecule has 0 spiro atoms. The fourth-order valence-corrected chi connectivity index (χ4v) is 3.37. The first-order valence-corrected chi connectivity index (χ1v) is 7.53. The van der Waals surface area contributed by atoms with Crippen LogP contribution in [0.5, 0.6) is 0 Å².